The minimum absolute atomic E-state index is 0.122. The smallest absolute Gasteiger partial charge is 0.337 e. The summed E-state index contributed by atoms with van der Waals surface area (Å²) in [7, 11) is -2.35. The standard InChI is InChI=1S/C19H23N3O4S/c1-26-19(23)15-6-8-16(9-7-15)27(24,25)20-10-11-22-18(14-4-5-14)12-17(21-22)13-2-3-13/h6-9,12-14,20H,2-5,10-11H2,1H3. The van der Waals surface area contributed by atoms with Crippen molar-refractivity contribution < 1.29 is 17.9 Å². The molecule has 0 unspecified atom stereocenters. The first-order valence-electron chi connectivity index (χ1n) is 9.23. The summed E-state index contributed by atoms with van der Waals surface area (Å²) in [6.45, 7) is 0.782. The molecule has 0 saturated heterocycles. The first-order valence-corrected chi connectivity index (χ1v) is 10.7. The maximum absolute atomic E-state index is 12.5. The average Bonchev–Trinajstić information content (AvgIpc) is 3.59. The summed E-state index contributed by atoms with van der Waals surface area (Å²) in [6.07, 6.45) is 4.78. The molecule has 144 valence electrons. The highest BCUT2D eigenvalue weighted by molar-refractivity contribution is 7.89. The lowest BCUT2D eigenvalue weighted by Crippen LogP contribution is -2.28. The predicted octanol–water partition coefficient (Wildman–Crippen LogP) is 2.40. The van der Waals surface area contributed by atoms with Gasteiger partial charge in [-0.15, -0.1) is 0 Å². The minimum atomic E-state index is -3.64. The maximum atomic E-state index is 12.5. The Morgan fingerprint density at radius 2 is 1.85 bits per heavy atom. The molecule has 0 aliphatic heterocycles. The fourth-order valence-electron chi connectivity index (χ4n) is 3.17. The van der Waals surface area contributed by atoms with Crippen molar-refractivity contribution in [2.75, 3.05) is 13.7 Å². The Kier molecular flexibility index (Phi) is 4.77. The molecular formula is C19H23N3O4S. The minimum Gasteiger partial charge on any atom is -0.465 e. The van der Waals surface area contributed by atoms with E-state index >= 15 is 0 Å². The molecule has 8 heteroatoms. The van der Waals surface area contributed by atoms with Gasteiger partial charge in [-0.05, 0) is 56.0 Å². The van der Waals surface area contributed by atoms with Gasteiger partial charge in [0, 0.05) is 24.1 Å². The zero-order chi connectivity index (χ0) is 19.0. The summed E-state index contributed by atoms with van der Waals surface area (Å²) < 4.78 is 34.2. The van der Waals surface area contributed by atoms with Gasteiger partial charge in [0.1, 0.15) is 0 Å². The molecule has 2 aromatic rings. The molecule has 2 fully saturated rings. The number of hydrogen-bond acceptors (Lipinski definition) is 5. The van der Waals surface area contributed by atoms with Gasteiger partial charge < -0.3 is 4.74 Å². The van der Waals surface area contributed by atoms with Crippen LogP contribution in [-0.2, 0) is 21.3 Å². The number of carbonyl (C=O) groups excluding carboxylic acids is 1. The van der Waals surface area contributed by atoms with E-state index < -0.39 is 16.0 Å². The monoisotopic (exact) mass is 389 g/mol. The number of methoxy groups -OCH3 is 1. The second-order valence-corrected chi connectivity index (χ2v) is 8.95. The molecule has 1 aromatic carbocycles. The number of nitrogens with one attached hydrogen (secondary N) is 1. The molecule has 0 spiro atoms. The molecule has 1 N–H and O–H groups in total. The fourth-order valence-corrected chi connectivity index (χ4v) is 4.20. The third kappa shape index (κ3) is 4.06. The van der Waals surface area contributed by atoms with Crippen molar-refractivity contribution in [3.8, 4) is 0 Å². The molecule has 1 aromatic heterocycles. The first-order chi connectivity index (χ1) is 13.0. The van der Waals surface area contributed by atoms with Crippen LogP contribution in [-0.4, -0.2) is 37.8 Å². The molecule has 4 rings (SSSR count). The van der Waals surface area contributed by atoms with Gasteiger partial charge in [-0.1, -0.05) is 0 Å². The van der Waals surface area contributed by atoms with Gasteiger partial charge in [-0.25, -0.2) is 17.9 Å². The lowest BCUT2D eigenvalue weighted by Gasteiger charge is -2.09. The Morgan fingerprint density at radius 1 is 1.19 bits per heavy atom. The van der Waals surface area contributed by atoms with Gasteiger partial charge in [0.25, 0.3) is 0 Å². The number of hydrogen-bond donors (Lipinski definition) is 1. The van der Waals surface area contributed by atoms with Gasteiger partial charge in [-0.3, -0.25) is 4.68 Å². The summed E-state index contributed by atoms with van der Waals surface area (Å²) in [5.41, 5.74) is 2.70. The molecule has 2 aliphatic carbocycles. The second kappa shape index (κ2) is 7.09. The summed E-state index contributed by atoms with van der Waals surface area (Å²) in [6, 6.07) is 7.91. The van der Waals surface area contributed by atoms with Crippen LogP contribution in [0.4, 0.5) is 0 Å². The molecule has 27 heavy (non-hydrogen) atoms. The van der Waals surface area contributed by atoms with Crippen molar-refractivity contribution in [3.05, 3.63) is 47.3 Å². The van der Waals surface area contributed by atoms with Crippen molar-refractivity contribution in [1.29, 1.82) is 0 Å². The molecular weight excluding hydrogens is 366 g/mol. The molecule has 0 amide bonds. The van der Waals surface area contributed by atoms with Crippen molar-refractivity contribution in [1.82, 2.24) is 14.5 Å². The molecule has 2 saturated carbocycles. The van der Waals surface area contributed by atoms with E-state index in [-0.39, 0.29) is 11.4 Å². The Labute approximate surface area is 158 Å². The molecule has 0 bridgehead atoms. The highest BCUT2D eigenvalue weighted by atomic mass is 32.2. The van der Waals surface area contributed by atoms with E-state index in [4.69, 9.17) is 5.10 Å². The summed E-state index contributed by atoms with van der Waals surface area (Å²) in [4.78, 5) is 11.6. The number of aromatic nitrogens is 2. The lowest BCUT2D eigenvalue weighted by atomic mass is 10.2. The first kappa shape index (κ1) is 18.2. The van der Waals surface area contributed by atoms with E-state index in [2.05, 4.69) is 15.5 Å². The summed E-state index contributed by atoms with van der Waals surface area (Å²) in [5, 5.41) is 4.70. The fraction of sp³-hybridized carbons (Fsp3) is 0.474. The van der Waals surface area contributed by atoms with Crippen molar-refractivity contribution in [2.24, 2.45) is 0 Å². The maximum Gasteiger partial charge on any atom is 0.337 e. The van der Waals surface area contributed by atoms with Crippen molar-refractivity contribution in [2.45, 2.75) is 49.0 Å². The Hall–Kier alpha value is -2.19. The van der Waals surface area contributed by atoms with Crippen LogP contribution >= 0.6 is 0 Å². The third-order valence-electron chi connectivity index (χ3n) is 5.02. The van der Waals surface area contributed by atoms with Gasteiger partial charge in [0.15, 0.2) is 0 Å². The number of esters is 1. The molecule has 0 radical (unpaired) electrons. The van der Waals surface area contributed by atoms with E-state index in [0.29, 0.717) is 23.9 Å². The topological polar surface area (TPSA) is 90.3 Å². The third-order valence-corrected chi connectivity index (χ3v) is 6.50. The summed E-state index contributed by atoms with van der Waals surface area (Å²) >= 11 is 0. The Bertz CT molecular complexity index is 942. The van der Waals surface area contributed by atoms with E-state index in [1.807, 2.05) is 4.68 Å². The van der Waals surface area contributed by atoms with E-state index in [1.54, 1.807) is 0 Å². The zero-order valence-electron chi connectivity index (χ0n) is 15.2. The zero-order valence-corrected chi connectivity index (χ0v) is 16.0. The molecule has 1 heterocycles. The van der Waals surface area contributed by atoms with E-state index in [0.717, 1.165) is 5.69 Å². The quantitative estimate of drug-likeness (QED) is 0.700. The lowest BCUT2D eigenvalue weighted by molar-refractivity contribution is 0.0600. The number of benzene rings is 1. The van der Waals surface area contributed by atoms with Gasteiger partial charge in [0.2, 0.25) is 10.0 Å². The van der Waals surface area contributed by atoms with Crippen LogP contribution in [0.25, 0.3) is 0 Å². The van der Waals surface area contributed by atoms with Crippen LogP contribution in [0.1, 0.15) is 59.3 Å². The number of carbonyl (C=O) groups is 1. The van der Waals surface area contributed by atoms with E-state index in [9.17, 15) is 13.2 Å². The normalized spacial score (nSPS) is 17.1. The molecule has 7 nitrogen and oxygen atoms in total. The molecule has 2 aliphatic rings. The van der Waals surface area contributed by atoms with Crippen LogP contribution in [0.2, 0.25) is 0 Å². The van der Waals surface area contributed by atoms with Gasteiger partial charge in [0.05, 0.1) is 29.8 Å². The molecule has 0 atom stereocenters. The average molecular weight is 389 g/mol. The SMILES string of the molecule is COC(=O)c1ccc(S(=O)(=O)NCCn2nc(C3CC3)cc2C2CC2)cc1. The van der Waals surface area contributed by atoms with Crippen LogP contribution in [0.3, 0.4) is 0 Å². The highest BCUT2D eigenvalue weighted by Crippen LogP contribution is 2.44. The van der Waals surface area contributed by atoms with Crippen LogP contribution < -0.4 is 4.72 Å². The largest absolute Gasteiger partial charge is 0.465 e. The van der Waals surface area contributed by atoms with Crippen LogP contribution in [0, 0.1) is 0 Å². The Balaban J connectivity index is 1.40. The Morgan fingerprint density at radius 3 is 2.44 bits per heavy atom. The highest BCUT2D eigenvalue weighted by Gasteiger charge is 2.32. The van der Waals surface area contributed by atoms with Crippen LogP contribution in [0.15, 0.2) is 35.2 Å². The van der Waals surface area contributed by atoms with Crippen molar-refractivity contribution in [3.63, 3.8) is 0 Å². The number of nitrogens with zero attached hydrogens (tertiary/aromatic N) is 2. The van der Waals surface area contributed by atoms with Gasteiger partial charge >= 0.3 is 5.97 Å². The second-order valence-electron chi connectivity index (χ2n) is 7.18. The number of sulfonamides is 1. The van der Waals surface area contributed by atoms with Crippen molar-refractivity contribution >= 4 is 16.0 Å². The van der Waals surface area contributed by atoms with Gasteiger partial charge in [-0.2, -0.15) is 5.10 Å². The number of ether oxygens (including phenoxy) is 1. The predicted molar refractivity (Wildman–Crippen MR) is 99.1 cm³/mol. The summed E-state index contributed by atoms with van der Waals surface area (Å²) in [5.74, 6) is 0.672. The van der Waals surface area contributed by atoms with E-state index in [1.165, 1.54) is 62.8 Å². The van der Waals surface area contributed by atoms with Crippen LogP contribution in [0.5, 0.6) is 0 Å². The number of rotatable bonds is 8.